The van der Waals surface area contributed by atoms with E-state index >= 15 is 0 Å². The van der Waals surface area contributed by atoms with Crippen LogP contribution in [0.5, 0.6) is 0 Å². The van der Waals surface area contributed by atoms with Gasteiger partial charge in [0.05, 0.1) is 5.54 Å². The fraction of sp³-hybridized carbons (Fsp3) is 0.875. The summed E-state index contributed by atoms with van der Waals surface area (Å²) >= 11 is 0. The Bertz CT molecular complexity index is 325. The lowest BCUT2D eigenvalue weighted by Crippen LogP contribution is -2.52. The molecule has 1 saturated carbocycles. The topological polar surface area (TPSA) is 55.4 Å². The molecule has 1 fully saturated rings. The highest BCUT2D eigenvalue weighted by Crippen LogP contribution is 2.36. The predicted octanol–water partition coefficient (Wildman–Crippen LogP) is 3.83. The molecule has 0 bridgehead atoms. The first kappa shape index (κ1) is 17.0. The molecule has 1 aliphatic carbocycles. The molecule has 0 heterocycles. The maximum Gasteiger partial charge on any atom is 0.408 e. The molecule has 20 heavy (non-hydrogen) atoms. The van der Waals surface area contributed by atoms with E-state index in [1.165, 1.54) is 12.8 Å². The molecule has 1 N–H and O–H groups in total. The minimum Gasteiger partial charge on any atom is -0.444 e. The summed E-state index contributed by atoms with van der Waals surface area (Å²) in [5.74, 6) is 0.736. The third kappa shape index (κ3) is 5.51. The van der Waals surface area contributed by atoms with E-state index in [1.807, 2.05) is 20.8 Å². The fourth-order valence-electron chi connectivity index (χ4n) is 2.99. The Morgan fingerprint density at radius 2 is 1.95 bits per heavy atom. The third-order valence-electron chi connectivity index (χ3n) is 4.00. The molecule has 1 rings (SSSR count). The molecule has 0 atom stereocenters. The molecule has 4 nitrogen and oxygen atoms in total. The minimum atomic E-state index is -0.508. The molecule has 0 aromatic carbocycles. The summed E-state index contributed by atoms with van der Waals surface area (Å²) in [6.07, 6.45) is 7.23. The summed E-state index contributed by atoms with van der Waals surface area (Å²) in [4.78, 5) is 22.9. The van der Waals surface area contributed by atoms with Gasteiger partial charge >= 0.3 is 6.09 Å². The van der Waals surface area contributed by atoms with Gasteiger partial charge in [-0.05, 0) is 52.4 Å². The van der Waals surface area contributed by atoms with Crippen molar-refractivity contribution < 1.29 is 14.3 Å². The molecular weight excluding hydrogens is 254 g/mol. The van der Waals surface area contributed by atoms with E-state index in [0.717, 1.165) is 37.9 Å². The minimum absolute atomic E-state index is 0.380. The largest absolute Gasteiger partial charge is 0.444 e. The molecule has 116 valence electrons. The molecule has 1 amide bonds. The smallest absolute Gasteiger partial charge is 0.408 e. The van der Waals surface area contributed by atoms with Crippen LogP contribution in [-0.2, 0) is 9.53 Å². The number of hydrogen-bond acceptors (Lipinski definition) is 3. The summed E-state index contributed by atoms with van der Waals surface area (Å²) in [6.45, 7) is 7.73. The molecule has 4 heteroatoms. The van der Waals surface area contributed by atoms with Crippen molar-refractivity contribution in [3.8, 4) is 0 Å². The van der Waals surface area contributed by atoms with Crippen LogP contribution in [0.15, 0.2) is 0 Å². The Morgan fingerprint density at radius 3 is 2.40 bits per heavy atom. The van der Waals surface area contributed by atoms with Crippen molar-refractivity contribution in [3.63, 3.8) is 0 Å². The second-order valence-electron chi connectivity index (χ2n) is 7.01. The van der Waals surface area contributed by atoms with Crippen molar-refractivity contribution in [3.05, 3.63) is 0 Å². The summed E-state index contributed by atoms with van der Waals surface area (Å²) in [5.41, 5.74) is -0.903. The zero-order chi connectivity index (χ0) is 15.2. The van der Waals surface area contributed by atoms with E-state index in [0.29, 0.717) is 6.42 Å². The second kappa shape index (κ2) is 7.09. The van der Waals surface area contributed by atoms with Crippen LogP contribution in [0.2, 0.25) is 0 Å². The Balaban J connectivity index is 2.60. The molecular formula is C16H29NO3. The van der Waals surface area contributed by atoms with Crippen molar-refractivity contribution in [2.45, 2.75) is 83.8 Å². The van der Waals surface area contributed by atoms with Gasteiger partial charge in [0, 0.05) is 6.42 Å². The van der Waals surface area contributed by atoms with Gasteiger partial charge in [-0.1, -0.05) is 19.8 Å². The van der Waals surface area contributed by atoms with Crippen molar-refractivity contribution in [1.29, 1.82) is 0 Å². The number of amides is 1. The zero-order valence-corrected chi connectivity index (χ0v) is 13.3. The lowest BCUT2D eigenvalue weighted by atomic mass is 9.74. The lowest BCUT2D eigenvalue weighted by molar-refractivity contribution is -0.109. The first-order valence-corrected chi connectivity index (χ1v) is 7.75. The first-order valence-electron chi connectivity index (χ1n) is 7.75. The van der Waals surface area contributed by atoms with Crippen LogP contribution in [0.3, 0.4) is 0 Å². The van der Waals surface area contributed by atoms with E-state index in [9.17, 15) is 9.59 Å². The van der Waals surface area contributed by atoms with Crippen LogP contribution < -0.4 is 5.32 Å². The molecule has 0 radical (unpaired) electrons. The number of rotatable bonds is 5. The highest BCUT2D eigenvalue weighted by molar-refractivity contribution is 5.69. The first-order chi connectivity index (χ1) is 9.30. The van der Waals surface area contributed by atoms with Crippen LogP contribution in [-0.4, -0.2) is 23.5 Å². The average molecular weight is 283 g/mol. The van der Waals surface area contributed by atoms with E-state index in [4.69, 9.17) is 4.74 Å². The zero-order valence-electron chi connectivity index (χ0n) is 13.3. The number of alkyl carbamates (subject to hydrolysis) is 1. The van der Waals surface area contributed by atoms with E-state index < -0.39 is 17.2 Å². The molecule has 0 aliphatic heterocycles. The molecule has 0 aromatic rings. The summed E-state index contributed by atoms with van der Waals surface area (Å²) in [5, 5.41) is 2.96. The van der Waals surface area contributed by atoms with Crippen LogP contribution in [0.25, 0.3) is 0 Å². The van der Waals surface area contributed by atoms with E-state index in [-0.39, 0.29) is 0 Å². The molecule has 0 unspecified atom stereocenters. The summed E-state index contributed by atoms with van der Waals surface area (Å²) in [7, 11) is 0. The van der Waals surface area contributed by atoms with Crippen LogP contribution >= 0.6 is 0 Å². The summed E-state index contributed by atoms with van der Waals surface area (Å²) < 4.78 is 5.32. The highest BCUT2D eigenvalue weighted by Gasteiger charge is 2.37. The standard InChI is InChI=1S/C16H29NO3/c1-5-6-13-7-9-16(10-8-13,11-12-18)17-14(19)20-15(2,3)4/h12-13H,5-11H2,1-4H3,(H,17,19). The van der Waals surface area contributed by atoms with Crippen molar-refractivity contribution in [2.24, 2.45) is 5.92 Å². The van der Waals surface area contributed by atoms with Gasteiger partial charge in [0.2, 0.25) is 0 Å². The normalized spacial score (nSPS) is 26.9. The van der Waals surface area contributed by atoms with Crippen molar-refractivity contribution >= 4 is 12.4 Å². The Hall–Kier alpha value is -1.06. The maximum atomic E-state index is 12.0. The number of ether oxygens (including phenoxy) is 1. The molecule has 1 aliphatic rings. The molecule has 0 aromatic heterocycles. The fourth-order valence-corrected chi connectivity index (χ4v) is 2.99. The average Bonchev–Trinajstić information content (AvgIpc) is 2.30. The van der Waals surface area contributed by atoms with Gasteiger partial charge in [-0.3, -0.25) is 0 Å². The quantitative estimate of drug-likeness (QED) is 0.780. The van der Waals surface area contributed by atoms with Crippen LogP contribution in [0.4, 0.5) is 4.79 Å². The van der Waals surface area contributed by atoms with Gasteiger partial charge in [0.25, 0.3) is 0 Å². The number of hydrogen-bond donors (Lipinski definition) is 1. The number of carbonyl (C=O) groups excluding carboxylic acids is 2. The van der Waals surface area contributed by atoms with Gasteiger partial charge < -0.3 is 14.8 Å². The third-order valence-corrected chi connectivity index (χ3v) is 4.00. The molecule has 0 saturated heterocycles. The Kier molecular flexibility index (Phi) is 6.03. The van der Waals surface area contributed by atoms with Gasteiger partial charge in [-0.2, -0.15) is 0 Å². The maximum absolute atomic E-state index is 12.0. The SMILES string of the molecule is CCCC1CCC(CC=O)(NC(=O)OC(C)(C)C)CC1. The Labute approximate surface area is 122 Å². The Morgan fingerprint density at radius 1 is 1.35 bits per heavy atom. The van der Waals surface area contributed by atoms with Gasteiger partial charge in [-0.15, -0.1) is 0 Å². The highest BCUT2D eigenvalue weighted by atomic mass is 16.6. The van der Waals surface area contributed by atoms with Gasteiger partial charge in [-0.25, -0.2) is 4.79 Å². The van der Waals surface area contributed by atoms with Crippen LogP contribution in [0, 0.1) is 5.92 Å². The lowest BCUT2D eigenvalue weighted by Gasteiger charge is -2.40. The number of carbonyl (C=O) groups is 2. The predicted molar refractivity (Wildman–Crippen MR) is 79.6 cm³/mol. The summed E-state index contributed by atoms with van der Waals surface area (Å²) in [6, 6.07) is 0. The van der Waals surface area contributed by atoms with Crippen LogP contribution in [0.1, 0.15) is 72.6 Å². The van der Waals surface area contributed by atoms with E-state index in [2.05, 4.69) is 12.2 Å². The number of aldehydes is 1. The number of nitrogens with one attached hydrogen (secondary N) is 1. The van der Waals surface area contributed by atoms with E-state index in [1.54, 1.807) is 0 Å². The molecule has 0 spiro atoms. The van der Waals surface area contributed by atoms with Crippen molar-refractivity contribution in [2.75, 3.05) is 0 Å². The monoisotopic (exact) mass is 283 g/mol. The van der Waals surface area contributed by atoms with Gasteiger partial charge in [0.1, 0.15) is 11.9 Å². The second-order valence-corrected chi connectivity index (χ2v) is 7.01. The van der Waals surface area contributed by atoms with Gasteiger partial charge in [0.15, 0.2) is 0 Å². The van der Waals surface area contributed by atoms with Crippen molar-refractivity contribution in [1.82, 2.24) is 5.32 Å².